The van der Waals surface area contributed by atoms with Crippen molar-refractivity contribution in [3.8, 4) is 0 Å². The van der Waals surface area contributed by atoms with Gasteiger partial charge < -0.3 is 0 Å². The minimum Gasteiger partial charge on any atom is -0.284 e. The molecule has 0 atom stereocenters. The fraction of sp³-hybridized carbons (Fsp3) is 0. The first kappa shape index (κ1) is 13.9. The van der Waals surface area contributed by atoms with Crippen LogP contribution in [0.3, 0.4) is 0 Å². The van der Waals surface area contributed by atoms with Crippen LogP contribution in [0.1, 0.15) is 0 Å². The first-order valence-corrected chi connectivity index (χ1v) is 11.2. The number of fused-ring (bicyclic) bond motifs is 1. The summed E-state index contributed by atoms with van der Waals surface area (Å²) in [5, 5.41) is 2.68. The second-order valence-corrected chi connectivity index (χ2v) is 11.6. The van der Waals surface area contributed by atoms with Gasteiger partial charge in [0.15, 0.2) is 0 Å². The van der Waals surface area contributed by atoms with E-state index in [-0.39, 0.29) is 0 Å². The van der Waals surface area contributed by atoms with Crippen molar-refractivity contribution in [2.45, 2.75) is 0 Å². The highest BCUT2D eigenvalue weighted by Crippen LogP contribution is 2.57. The van der Waals surface area contributed by atoms with Gasteiger partial charge in [0, 0.05) is 16.0 Å². The molecular formula is C10H6Cl4OP2. The van der Waals surface area contributed by atoms with Crippen LogP contribution in [0.25, 0.3) is 10.8 Å². The molecule has 7 heteroatoms. The van der Waals surface area contributed by atoms with Crippen molar-refractivity contribution in [3.05, 3.63) is 36.4 Å². The smallest absolute Gasteiger partial charge is 0.282 e. The van der Waals surface area contributed by atoms with Gasteiger partial charge in [-0.05, 0) is 33.9 Å². The summed E-state index contributed by atoms with van der Waals surface area (Å²) in [6, 6.07) is 10.8. The number of halogens is 4. The highest BCUT2D eigenvalue weighted by molar-refractivity contribution is 8.14. The van der Waals surface area contributed by atoms with Crippen molar-refractivity contribution in [1.82, 2.24) is 0 Å². The second-order valence-electron chi connectivity index (χ2n) is 3.35. The van der Waals surface area contributed by atoms with Gasteiger partial charge in [0.05, 0.1) is 0 Å². The summed E-state index contributed by atoms with van der Waals surface area (Å²) in [4.78, 5) is 0. The average Bonchev–Trinajstić information content (AvgIpc) is 2.26. The number of hydrogen-bond acceptors (Lipinski definition) is 1. The first-order chi connectivity index (χ1) is 7.91. The summed E-state index contributed by atoms with van der Waals surface area (Å²) >= 11 is 23.4. The summed E-state index contributed by atoms with van der Waals surface area (Å²) in [5.74, 6) is -3.39. The normalized spacial score (nSPS) is 12.3. The summed E-state index contributed by atoms with van der Waals surface area (Å²) < 4.78 is 11.9. The molecule has 0 saturated heterocycles. The van der Waals surface area contributed by atoms with E-state index in [2.05, 4.69) is 0 Å². The minimum atomic E-state index is -3.39. The predicted octanol–water partition coefficient (Wildman–Crippen LogP) is 5.55. The van der Waals surface area contributed by atoms with Gasteiger partial charge in [-0.1, -0.05) is 52.8 Å². The molecular weight excluding hydrogens is 340 g/mol. The van der Waals surface area contributed by atoms with Gasteiger partial charge in [-0.15, -0.1) is 0 Å². The van der Waals surface area contributed by atoms with Crippen LogP contribution in [-0.2, 0) is 4.57 Å². The maximum Gasteiger partial charge on any atom is 0.282 e. The molecule has 2 rings (SSSR count). The van der Waals surface area contributed by atoms with Crippen molar-refractivity contribution in [1.29, 1.82) is 0 Å². The third-order valence-corrected chi connectivity index (χ3v) is 6.18. The molecule has 0 bridgehead atoms. The van der Waals surface area contributed by atoms with E-state index in [0.29, 0.717) is 10.7 Å². The van der Waals surface area contributed by atoms with E-state index in [4.69, 9.17) is 45.0 Å². The van der Waals surface area contributed by atoms with Gasteiger partial charge in [-0.25, -0.2) is 0 Å². The van der Waals surface area contributed by atoms with Gasteiger partial charge >= 0.3 is 0 Å². The fourth-order valence-electron chi connectivity index (χ4n) is 1.66. The van der Waals surface area contributed by atoms with Gasteiger partial charge in [-0.2, -0.15) is 0 Å². The molecule has 0 spiro atoms. The molecule has 2 aromatic rings. The van der Waals surface area contributed by atoms with Crippen molar-refractivity contribution in [3.63, 3.8) is 0 Å². The van der Waals surface area contributed by atoms with Crippen molar-refractivity contribution >= 4 is 78.8 Å². The highest BCUT2D eigenvalue weighted by atomic mass is 35.9. The lowest BCUT2D eigenvalue weighted by Gasteiger charge is -2.12. The SMILES string of the molecule is O=P(Cl)(Cl)c1cccc2cccc(P(Cl)Cl)c12. The lowest BCUT2D eigenvalue weighted by molar-refractivity contribution is 0.597. The van der Waals surface area contributed by atoms with Crippen LogP contribution in [0.15, 0.2) is 36.4 Å². The molecule has 0 amide bonds. The Hall–Kier alpha value is 0.520. The Balaban J connectivity index is 2.91. The van der Waals surface area contributed by atoms with E-state index in [1.54, 1.807) is 18.2 Å². The van der Waals surface area contributed by atoms with Crippen molar-refractivity contribution < 1.29 is 4.57 Å². The van der Waals surface area contributed by atoms with E-state index >= 15 is 0 Å². The minimum absolute atomic E-state index is 0.391. The van der Waals surface area contributed by atoms with Crippen LogP contribution < -0.4 is 10.6 Å². The van der Waals surface area contributed by atoms with Crippen LogP contribution in [0.2, 0.25) is 0 Å². The molecule has 0 radical (unpaired) electrons. The molecule has 0 aliphatic carbocycles. The molecule has 90 valence electrons. The van der Waals surface area contributed by atoms with Crippen molar-refractivity contribution in [2.75, 3.05) is 0 Å². The second kappa shape index (κ2) is 5.25. The summed E-state index contributed by atoms with van der Waals surface area (Å²) in [5.41, 5.74) is 0. The fourth-order valence-corrected chi connectivity index (χ4v) is 4.82. The highest BCUT2D eigenvalue weighted by Gasteiger charge is 2.23. The van der Waals surface area contributed by atoms with Gasteiger partial charge in [-0.3, -0.25) is 4.57 Å². The average molecular weight is 346 g/mol. The molecule has 0 aliphatic rings. The third-order valence-electron chi connectivity index (χ3n) is 2.32. The van der Waals surface area contributed by atoms with Crippen LogP contribution in [0.4, 0.5) is 0 Å². The summed E-state index contributed by atoms with van der Waals surface area (Å²) in [6.45, 7) is -1.35. The van der Waals surface area contributed by atoms with Gasteiger partial charge in [0.2, 0.25) is 0 Å². The third kappa shape index (κ3) is 2.92. The molecule has 0 heterocycles. The van der Waals surface area contributed by atoms with E-state index in [1.807, 2.05) is 18.2 Å². The van der Waals surface area contributed by atoms with Crippen molar-refractivity contribution in [2.24, 2.45) is 0 Å². The Morgan fingerprint density at radius 3 is 2.12 bits per heavy atom. The first-order valence-electron chi connectivity index (χ1n) is 4.54. The Kier molecular flexibility index (Phi) is 4.31. The molecule has 0 unspecified atom stereocenters. The lowest BCUT2D eigenvalue weighted by Crippen LogP contribution is -2.09. The van der Waals surface area contributed by atoms with Crippen LogP contribution in [-0.4, -0.2) is 0 Å². The van der Waals surface area contributed by atoms with E-state index in [1.165, 1.54) is 0 Å². The van der Waals surface area contributed by atoms with E-state index < -0.39 is 12.5 Å². The molecule has 1 nitrogen and oxygen atoms in total. The van der Waals surface area contributed by atoms with Gasteiger partial charge in [0.1, 0.15) is 6.63 Å². The molecule has 0 aliphatic heterocycles. The molecule has 17 heavy (non-hydrogen) atoms. The number of hydrogen-bond donors (Lipinski definition) is 0. The molecule has 0 aromatic heterocycles. The molecule has 2 aromatic carbocycles. The maximum absolute atomic E-state index is 11.9. The van der Waals surface area contributed by atoms with Crippen LogP contribution in [0.5, 0.6) is 0 Å². The Labute approximate surface area is 119 Å². The maximum atomic E-state index is 11.9. The standard InChI is InChI=1S/C10H6Cl4OP2/c11-16(12)8-5-1-3-7-4-2-6-9(10(7)8)17(13,14)15/h1-6H. The lowest BCUT2D eigenvalue weighted by atomic mass is 10.1. The predicted molar refractivity (Wildman–Crippen MR) is 81.2 cm³/mol. The van der Waals surface area contributed by atoms with Crippen LogP contribution >= 0.6 is 57.4 Å². The van der Waals surface area contributed by atoms with E-state index in [9.17, 15) is 4.57 Å². The Bertz CT molecular complexity index is 603. The zero-order chi connectivity index (χ0) is 12.6. The van der Waals surface area contributed by atoms with E-state index in [0.717, 1.165) is 10.7 Å². The molecule has 0 N–H and O–H groups in total. The molecule has 0 fully saturated rings. The monoisotopic (exact) mass is 344 g/mol. The number of benzene rings is 2. The Morgan fingerprint density at radius 1 is 1.00 bits per heavy atom. The zero-order valence-corrected chi connectivity index (χ0v) is 13.1. The topological polar surface area (TPSA) is 17.1 Å². The Morgan fingerprint density at radius 2 is 1.59 bits per heavy atom. The summed E-state index contributed by atoms with van der Waals surface area (Å²) in [7, 11) is 0. The quantitative estimate of drug-likeness (QED) is 0.652. The zero-order valence-electron chi connectivity index (χ0n) is 8.28. The van der Waals surface area contributed by atoms with Gasteiger partial charge in [0.25, 0.3) is 5.85 Å². The molecule has 0 saturated carbocycles. The number of rotatable bonds is 2. The van der Waals surface area contributed by atoms with Crippen LogP contribution in [0, 0.1) is 0 Å². The summed E-state index contributed by atoms with van der Waals surface area (Å²) in [6.07, 6.45) is 0. The largest absolute Gasteiger partial charge is 0.284 e.